The lowest BCUT2D eigenvalue weighted by Gasteiger charge is -2.31. The zero-order valence-corrected chi connectivity index (χ0v) is 14.6. The number of nitrogens with zero attached hydrogens (tertiary/aromatic N) is 1. The summed E-state index contributed by atoms with van der Waals surface area (Å²) in [5.41, 5.74) is 1.75. The Bertz CT molecular complexity index is 759. The van der Waals surface area contributed by atoms with Gasteiger partial charge in [0.25, 0.3) is 11.8 Å². The van der Waals surface area contributed by atoms with Crippen molar-refractivity contribution in [2.45, 2.75) is 13.0 Å². The van der Waals surface area contributed by atoms with Crippen LogP contribution in [0.4, 0.5) is 5.69 Å². The molecule has 1 heterocycles. The molecule has 2 aromatic rings. The predicted octanol–water partition coefficient (Wildman–Crippen LogP) is 3.45. The zero-order valence-electron chi connectivity index (χ0n) is 13.9. The topological polar surface area (TPSA) is 58.6 Å². The largest absolute Gasteiger partial charge is 0.375 e. The number of benzene rings is 2. The molecule has 0 saturated carbocycles. The van der Waals surface area contributed by atoms with Crippen molar-refractivity contribution in [2.75, 3.05) is 25.0 Å². The lowest BCUT2D eigenvalue weighted by Crippen LogP contribution is -2.44. The lowest BCUT2D eigenvalue weighted by molar-refractivity contribution is -0.0124. The lowest BCUT2D eigenvalue weighted by atomic mass is 10.1. The number of morpholine rings is 1. The van der Waals surface area contributed by atoms with Crippen LogP contribution in [0.15, 0.2) is 48.5 Å². The Kier molecular flexibility index (Phi) is 5.36. The highest BCUT2D eigenvalue weighted by molar-refractivity contribution is 6.30. The monoisotopic (exact) mass is 358 g/mol. The molecular weight excluding hydrogens is 340 g/mol. The van der Waals surface area contributed by atoms with E-state index >= 15 is 0 Å². The average Bonchev–Trinajstić information content (AvgIpc) is 2.62. The number of amides is 2. The van der Waals surface area contributed by atoms with Crippen LogP contribution in [-0.2, 0) is 4.74 Å². The molecule has 1 fully saturated rings. The number of ether oxygens (including phenoxy) is 1. The molecule has 0 spiro atoms. The van der Waals surface area contributed by atoms with Crippen molar-refractivity contribution in [3.8, 4) is 0 Å². The van der Waals surface area contributed by atoms with E-state index in [4.69, 9.17) is 16.3 Å². The van der Waals surface area contributed by atoms with Crippen molar-refractivity contribution in [1.82, 2.24) is 4.90 Å². The van der Waals surface area contributed by atoms with Crippen LogP contribution in [0.1, 0.15) is 27.6 Å². The molecule has 1 N–H and O–H groups in total. The van der Waals surface area contributed by atoms with Crippen LogP contribution >= 0.6 is 11.6 Å². The normalized spacial score (nSPS) is 17.2. The highest BCUT2D eigenvalue weighted by Crippen LogP contribution is 2.16. The third kappa shape index (κ3) is 4.38. The first kappa shape index (κ1) is 17.5. The van der Waals surface area contributed by atoms with Crippen LogP contribution in [0.2, 0.25) is 5.02 Å². The summed E-state index contributed by atoms with van der Waals surface area (Å²) in [5, 5.41) is 3.38. The molecule has 1 aliphatic rings. The number of halogens is 1. The smallest absolute Gasteiger partial charge is 0.255 e. The maximum absolute atomic E-state index is 12.5. The Balaban J connectivity index is 1.64. The van der Waals surface area contributed by atoms with E-state index < -0.39 is 0 Å². The van der Waals surface area contributed by atoms with Gasteiger partial charge < -0.3 is 15.0 Å². The van der Waals surface area contributed by atoms with Gasteiger partial charge in [0.15, 0.2) is 0 Å². The van der Waals surface area contributed by atoms with Gasteiger partial charge in [0, 0.05) is 34.9 Å². The predicted molar refractivity (Wildman–Crippen MR) is 97.2 cm³/mol. The van der Waals surface area contributed by atoms with Crippen molar-refractivity contribution in [2.24, 2.45) is 0 Å². The molecule has 3 rings (SSSR count). The van der Waals surface area contributed by atoms with Gasteiger partial charge in [-0.1, -0.05) is 11.6 Å². The second kappa shape index (κ2) is 7.68. The Morgan fingerprint density at radius 1 is 1.08 bits per heavy atom. The van der Waals surface area contributed by atoms with Gasteiger partial charge in [-0.15, -0.1) is 0 Å². The Hall–Kier alpha value is -2.37. The molecule has 1 aliphatic heterocycles. The van der Waals surface area contributed by atoms with Crippen molar-refractivity contribution in [3.05, 3.63) is 64.7 Å². The second-order valence-corrected chi connectivity index (χ2v) is 6.41. The van der Waals surface area contributed by atoms with Crippen LogP contribution in [0.3, 0.4) is 0 Å². The van der Waals surface area contributed by atoms with Crippen LogP contribution in [0.25, 0.3) is 0 Å². The van der Waals surface area contributed by atoms with E-state index in [1.165, 1.54) is 0 Å². The van der Waals surface area contributed by atoms with Gasteiger partial charge in [-0.25, -0.2) is 0 Å². The number of carbonyl (C=O) groups excluding carboxylic acids is 2. The standard InChI is InChI=1S/C19H19ClN2O3/c1-13-12-22(10-11-25-13)19(24)15-4-8-17(9-5-15)21-18(23)14-2-6-16(20)7-3-14/h2-9,13H,10-12H2,1H3,(H,21,23). The highest BCUT2D eigenvalue weighted by atomic mass is 35.5. The quantitative estimate of drug-likeness (QED) is 0.914. The molecule has 1 atom stereocenters. The minimum absolute atomic E-state index is 0.0225. The van der Waals surface area contributed by atoms with Gasteiger partial charge in [0.05, 0.1) is 12.7 Å². The first-order valence-electron chi connectivity index (χ1n) is 8.11. The molecular formula is C19H19ClN2O3. The third-order valence-electron chi connectivity index (χ3n) is 4.02. The van der Waals surface area contributed by atoms with Crippen molar-refractivity contribution in [3.63, 3.8) is 0 Å². The third-order valence-corrected chi connectivity index (χ3v) is 4.28. The molecule has 25 heavy (non-hydrogen) atoms. The van der Waals surface area contributed by atoms with E-state index in [0.717, 1.165) is 0 Å². The number of anilines is 1. The first-order chi connectivity index (χ1) is 12.0. The Labute approximate surface area is 151 Å². The minimum atomic E-state index is -0.224. The van der Waals surface area contributed by atoms with E-state index in [1.54, 1.807) is 53.4 Å². The molecule has 1 saturated heterocycles. The fourth-order valence-electron chi connectivity index (χ4n) is 2.69. The summed E-state index contributed by atoms with van der Waals surface area (Å²) < 4.78 is 5.46. The second-order valence-electron chi connectivity index (χ2n) is 5.97. The van der Waals surface area contributed by atoms with Gasteiger partial charge in [-0.3, -0.25) is 9.59 Å². The van der Waals surface area contributed by atoms with E-state index in [2.05, 4.69) is 5.32 Å². The number of hydrogen-bond acceptors (Lipinski definition) is 3. The Morgan fingerprint density at radius 3 is 2.36 bits per heavy atom. The summed E-state index contributed by atoms with van der Waals surface area (Å²) in [7, 11) is 0. The fourth-order valence-corrected chi connectivity index (χ4v) is 2.81. The maximum atomic E-state index is 12.5. The molecule has 1 unspecified atom stereocenters. The highest BCUT2D eigenvalue weighted by Gasteiger charge is 2.22. The zero-order chi connectivity index (χ0) is 17.8. The molecule has 0 bridgehead atoms. The summed E-state index contributed by atoms with van der Waals surface area (Å²) in [6.07, 6.45) is 0.0515. The van der Waals surface area contributed by atoms with E-state index in [0.29, 0.717) is 41.5 Å². The minimum Gasteiger partial charge on any atom is -0.375 e. The summed E-state index contributed by atoms with van der Waals surface area (Å²) in [4.78, 5) is 26.5. The van der Waals surface area contributed by atoms with E-state index in [-0.39, 0.29) is 17.9 Å². The molecule has 6 heteroatoms. The molecule has 5 nitrogen and oxygen atoms in total. The molecule has 2 amide bonds. The maximum Gasteiger partial charge on any atom is 0.255 e. The van der Waals surface area contributed by atoms with Gasteiger partial charge in [0.2, 0.25) is 0 Å². The molecule has 0 radical (unpaired) electrons. The molecule has 130 valence electrons. The first-order valence-corrected chi connectivity index (χ1v) is 8.48. The SMILES string of the molecule is CC1CN(C(=O)c2ccc(NC(=O)c3ccc(Cl)cc3)cc2)CCO1. The van der Waals surface area contributed by atoms with Crippen LogP contribution in [0.5, 0.6) is 0 Å². The average molecular weight is 359 g/mol. The summed E-state index contributed by atoms with van der Waals surface area (Å²) in [5.74, 6) is -0.247. The van der Waals surface area contributed by atoms with Crippen molar-refractivity contribution >= 4 is 29.1 Å². The van der Waals surface area contributed by atoms with Crippen molar-refractivity contribution < 1.29 is 14.3 Å². The van der Waals surface area contributed by atoms with Crippen LogP contribution in [-0.4, -0.2) is 42.5 Å². The van der Waals surface area contributed by atoms with Crippen LogP contribution in [0, 0.1) is 0 Å². The number of hydrogen-bond donors (Lipinski definition) is 1. The summed E-state index contributed by atoms with van der Waals surface area (Å²) in [6.45, 7) is 3.70. The molecule has 0 aliphatic carbocycles. The van der Waals surface area contributed by atoms with E-state index in [9.17, 15) is 9.59 Å². The Morgan fingerprint density at radius 2 is 1.72 bits per heavy atom. The van der Waals surface area contributed by atoms with Gasteiger partial charge >= 0.3 is 0 Å². The van der Waals surface area contributed by atoms with Gasteiger partial charge in [-0.2, -0.15) is 0 Å². The molecule has 0 aromatic heterocycles. The fraction of sp³-hybridized carbons (Fsp3) is 0.263. The van der Waals surface area contributed by atoms with Gasteiger partial charge in [-0.05, 0) is 55.5 Å². The number of rotatable bonds is 3. The van der Waals surface area contributed by atoms with Crippen LogP contribution < -0.4 is 5.32 Å². The van der Waals surface area contributed by atoms with E-state index in [1.807, 2.05) is 6.92 Å². The van der Waals surface area contributed by atoms with Gasteiger partial charge in [0.1, 0.15) is 0 Å². The summed E-state index contributed by atoms with van der Waals surface area (Å²) >= 11 is 5.82. The van der Waals surface area contributed by atoms with Crippen molar-refractivity contribution in [1.29, 1.82) is 0 Å². The molecule has 2 aromatic carbocycles. The number of nitrogens with one attached hydrogen (secondary N) is 1. The number of carbonyl (C=O) groups is 2. The summed E-state index contributed by atoms with van der Waals surface area (Å²) in [6, 6.07) is 13.6.